The van der Waals surface area contributed by atoms with E-state index in [0.29, 0.717) is 6.04 Å². The van der Waals surface area contributed by atoms with E-state index in [0.717, 1.165) is 30.7 Å². The molecule has 4 nitrogen and oxygen atoms in total. The molecule has 0 aromatic carbocycles. The standard InChI is InChI=1S/C18H22N4S2/c1-10(19)6-16-11(2)17-18(24-16)14(7-13(22-17)15-9-21-15)20-8-12-4-3-5-23-12/h3-5,7,10,15,21H,6,8-9,19H2,1-2H3,(H,20,22)/t10-,15?/m0/s1. The molecule has 4 N–H and O–H groups in total. The highest BCUT2D eigenvalue weighted by Gasteiger charge is 2.26. The predicted molar refractivity (Wildman–Crippen MR) is 104 cm³/mol. The number of thiophene rings is 2. The predicted octanol–water partition coefficient (Wildman–Crippen LogP) is 3.81. The Morgan fingerprint density at radius 1 is 1.50 bits per heavy atom. The first kappa shape index (κ1) is 16.0. The maximum atomic E-state index is 6.03. The van der Waals surface area contributed by atoms with Crippen molar-refractivity contribution in [2.45, 2.75) is 38.9 Å². The quantitative estimate of drug-likeness (QED) is 0.586. The van der Waals surface area contributed by atoms with Crippen molar-refractivity contribution in [3.05, 3.63) is 44.6 Å². The Kier molecular flexibility index (Phi) is 4.30. The van der Waals surface area contributed by atoms with Gasteiger partial charge in [0.15, 0.2) is 0 Å². The van der Waals surface area contributed by atoms with Crippen LogP contribution in [0.4, 0.5) is 5.69 Å². The van der Waals surface area contributed by atoms with Crippen molar-refractivity contribution in [3.8, 4) is 0 Å². The smallest absolute Gasteiger partial charge is 0.0866 e. The van der Waals surface area contributed by atoms with Crippen LogP contribution in [-0.2, 0) is 13.0 Å². The van der Waals surface area contributed by atoms with E-state index in [1.54, 1.807) is 11.3 Å². The summed E-state index contributed by atoms with van der Waals surface area (Å²) in [5, 5.41) is 9.11. The van der Waals surface area contributed by atoms with Crippen molar-refractivity contribution < 1.29 is 0 Å². The number of hydrogen-bond donors (Lipinski definition) is 3. The topological polar surface area (TPSA) is 72.9 Å². The van der Waals surface area contributed by atoms with E-state index < -0.39 is 0 Å². The van der Waals surface area contributed by atoms with Crippen LogP contribution in [0.2, 0.25) is 0 Å². The van der Waals surface area contributed by atoms with Crippen LogP contribution in [0.3, 0.4) is 0 Å². The zero-order valence-electron chi connectivity index (χ0n) is 13.9. The third kappa shape index (κ3) is 3.19. The Hall–Kier alpha value is -1.47. The highest BCUT2D eigenvalue weighted by atomic mass is 32.1. The fourth-order valence-corrected chi connectivity index (χ4v) is 4.93. The lowest BCUT2D eigenvalue weighted by Gasteiger charge is -2.08. The van der Waals surface area contributed by atoms with Gasteiger partial charge in [-0.15, -0.1) is 22.7 Å². The Labute approximate surface area is 150 Å². The molecule has 1 unspecified atom stereocenters. The molecule has 126 valence electrons. The van der Waals surface area contributed by atoms with Gasteiger partial charge >= 0.3 is 0 Å². The van der Waals surface area contributed by atoms with Crippen molar-refractivity contribution in [3.63, 3.8) is 0 Å². The lowest BCUT2D eigenvalue weighted by Crippen LogP contribution is -2.17. The molecule has 4 rings (SSSR count). The minimum absolute atomic E-state index is 0.170. The molecule has 3 aromatic rings. The number of fused-ring (bicyclic) bond motifs is 1. The average Bonchev–Trinajstić information content (AvgIpc) is 3.19. The SMILES string of the molecule is Cc1c(C[C@H](C)N)sc2c(NCc3cccs3)cc(C3CN3)nc12. The third-order valence-corrected chi connectivity index (χ3v) is 6.51. The van der Waals surface area contributed by atoms with Crippen LogP contribution in [0.25, 0.3) is 10.2 Å². The van der Waals surface area contributed by atoms with E-state index >= 15 is 0 Å². The van der Waals surface area contributed by atoms with Gasteiger partial charge in [0, 0.05) is 28.9 Å². The lowest BCUT2D eigenvalue weighted by molar-refractivity contribution is 0.744. The van der Waals surface area contributed by atoms with Gasteiger partial charge in [-0.1, -0.05) is 6.07 Å². The second-order valence-electron chi connectivity index (χ2n) is 6.50. The van der Waals surface area contributed by atoms with Gasteiger partial charge < -0.3 is 16.4 Å². The molecule has 1 saturated heterocycles. The molecule has 0 spiro atoms. The molecule has 0 aliphatic carbocycles. The first-order valence-corrected chi connectivity index (χ1v) is 9.99. The van der Waals surface area contributed by atoms with E-state index in [1.165, 1.54) is 25.7 Å². The molecule has 4 heterocycles. The van der Waals surface area contributed by atoms with Crippen molar-refractivity contribution in [2.24, 2.45) is 5.73 Å². The van der Waals surface area contributed by atoms with Gasteiger partial charge in [0.25, 0.3) is 0 Å². The maximum absolute atomic E-state index is 6.03. The number of rotatable bonds is 6. The van der Waals surface area contributed by atoms with Crippen LogP contribution < -0.4 is 16.4 Å². The molecule has 24 heavy (non-hydrogen) atoms. The molecule has 0 radical (unpaired) electrons. The first-order chi connectivity index (χ1) is 11.6. The van der Waals surface area contributed by atoms with E-state index in [9.17, 15) is 0 Å². The van der Waals surface area contributed by atoms with E-state index in [2.05, 4.69) is 48.1 Å². The number of nitrogens with zero attached hydrogens (tertiary/aromatic N) is 1. The number of anilines is 1. The molecule has 1 fully saturated rings. The number of hydrogen-bond acceptors (Lipinski definition) is 6. The largest absolute Gasteiger partial charge is 0.379 e. The molecule has 1 aliphatic heterocycles. The van der Waals surface area contributed by atoms with Crippen LogP contribution in [0, 0.1) is 6.92 Å². The van der Waals surface area contributed by atoms with Crippen LogP contribution >= 0.6 is 22.7 Å². The molecule has 0 bridgehead atoms. The highest BCUT2D eigenvalue weighted by Crippen LogP contribution is 2.38. The van der Waals surface area contributed by atoms with E-state index in [1.807, 2.05) is 11.3 Å². The summed E-state index contributed by atoms with van der Waals surface area (Å²) in [5.74, 6) is 0. The fraction of sp³-hybridized carbons (Fsp3) is 0.389. The van der Waals surface area contributed by atoms with Crippen molar-refractivity contribution >= 4 is 38.6 Å². The zero-order chi connectivity index (χ0) is 16.7. The number of nitrogens with one attached hydrogen (secondary N) is 2. The van der Waals surface area contributed by atoms with Gasteiger partial charge in [-0.2, -0.15) is 0 Å². The number of aryl methyl sites for hydroxylation is 1. The van der Waals surface area contributed by atoms with Crippen LogP contribution in [0.5, 0.6) is 0 Å². The van der Waals surface area contributed by atoms with Gasteiger partial charge in [-0.3, -0.25) is 0 Å². The van der Waals surface area contributed by atoms with Gasteiger partial charge in [0.2, 0.25) is 0 Å². The minimum Gasteiger partial charge on any atom is -0.379 e. The Morgan fingerprint density at radius 3 is 3.00 bits per heavy atom. The number of aromatic nitrogens is 1. The van der Waals surface area contributed by atoms with Gasteiger partial charge in [-0.05, 0) is 43.3 Å². The molecule has 3 aromatic heterocycles. The van der Waals surface area contributed by atoms with Crippen molar-refractivity contribution in [1.29, 1.82) is 0 Å². The lowest BCUT2D eigenvalue weighted by atomic mass is 10.1. The van der Waals surface area contributed by atoms with Crippen LogP contribution in [0.15, 0.2) is 23.6 Å². The van der Waals surface area contributed by atoms with Gasteiger partial charge in [-0.25, -0.2) is 4.98 Å². The summed E-state index contributed by atoms with van der Waals surface area (Å²) in [7, 11) is 0. The Morgan fingerprint density at radius 2 is 2.33 bits per heavy atom. The molecule has 2 atom stereocenters. The number of pyridine rings is 1. The fourth-order valence-electron chi connectivity index (χ4n) is 2.90. The number of nitrogens with two attached hydrogens (primary N) is 1. The maximum Gasteiger partial charge on any atom is 0.0866 e. The third-order valence-electron chi connectivity index (χ3n) is 4.30. The second-order valence-corrected chi connectivity index (χ2v) is 8.64. The molecule has 0 amide bonds. The van der Waals surface area contributed by atoms with Crippen molar-refractivity contribution in [2.75, 3.05) is 11.9 Å². The summed E-state index contributed by atoms with van der Waals surface area (Å²) in [6.07, 6.45) is 0.911. The average molecular weight is 359 g/mol. The molecular weight excluding hydrogens is 336 g/mol. The molecule has 6 heteroatoms. The molecule has 0 saturated carbocycles. The van der Waals surface area contributed by atoms with Crippen LogP contribution in [-0.4, -0.2) is 17.6 Å². The monoisotopic (exact) mass is 358 g/mol. The van der Waals surface area contributed by atoms with Crippen molar-refractivity contribution in [1.82, 2.24) is 10.3 Å². The summed E-state index contributed by atoms with van der Waals surface area (Å²) in [5.41, 5.74) is 10.8. The van der Waals surface area contributed by atoms with E-state index in [-0.39, 0.29) is 6.04 Å². The van der Waals surface area contributed by atoms with Gasteiger partial charge in [0.1, 0.15) is 0 Å². The molecular formula is C18H22N4S2. The summed E-state index contributed by atoms with van der Waals surface area (Å²) in [4.78, 5) is 7.64. The minimum atomic E-state index is 0.170. The first-order valence-electron chi connectivity index (χ1n) is 8.30. The molecule has 1 aliphatic rings. The Bertz CT molecular complexity index is 848. The second kappa shape index (κ2) is 6.44. The van der Waals surface area contributed by atoms with Gasteiger partial charge in [0.05, 0.1) is 27.6 Å². The highest BCUT2D eigenvalue weighted by molar-refractivity contribution is 7.19. The summed E-state index contributed by atoms with van der Waals surface area (Å²) in [6.45, 7) is 6.12. The van der Waals surface area contributed by atoms with Crippen LogP contribution in [0.1, 0.15) is 34.0 Å². The normalized spacial score (nSPS) is 18.0. The summed E-state index contributed by atoms with van der Waals surface area (Å²) < 4.78 is 1.25. The summed E-state index contributed by atoms with van der Waals surface area (Å²) >= 11 is 3.62. The van der Waals surface area contributed by atoms with E-state index in [4.69, 9.17) is 10.7 Å². The summed E-state index contributed by atoms with van der Waals surface area (Å²) in [6, 6.07) is 7.06. The Balaban J connectivity index is 1.74. The zero-order valence-corrected chi connectivity index (χ0v) is 15.6.